The second-order valence-corrected chi connectivity index (χ2v) is 3.87. The van der Waals surface area contributed by atoms with E-state index in [0.717, 1.165) is 36.3 Å². The van der Waals surface area contributed by atoms with E-state index in [0.29, 0.717) is 0 Å². The van der Waals surface area contributed by atoms with Gasteiger partial charge in [-0.3, -0.25) is 0 Å². The summed E-state index contributed by atoms with van der Waals surface area (Å²) in [6, 6.07) is 8.25. The zero-order chi connectivity index (χ0) is 12.0. The van der Waals surface area contributed by atoms with Crippen molar-refractivity contribution in [2.24, 2.45) is 0 Å². The van der Waals surface area contributed by atoms with Crippen molar-refractivity contribution in [2.75, 3.05) is 18.0 Å². The minimum absolute atomic E-state index is 0.746. The van der Waals surface area contributed by atoms with E-state index in [1.54, 1.807) is 0 Å². The standard InChI is InChI=1S/C14H18N2/c1-4-8-16(9-5-2)14-7-6-12(3)10-13(14)11-15/h4,6-7,10H,1,5,8-9H2,2-3H3. The third kappa shape index (κ3) is 2.87. The highest BCUT2D eigenvalue weighted by Gasteiger charge is 2.09. The van der Waals surface area contributed by atoms with Crippen LogP contribution in [0.2, 0.25) is 0 Å². The molecule has 2 nitrogen and oxygen atoms in total. The predicted octanol–water partition coefficient (Wildman–Crippen LogP) is 3.27. The Hall–Kier alpha value is -1.75. The molecule has 84 valence electrons. The molecule has 0 radical (unpaired) electrons. The molecule has 0 bridgehead atoms. The lowest BCUT2D eigenvalue weighted by Crippen LogP contribution is -2.24. The topological polar surface area (TPSA) is 27.0 Å². The lowest BCUT2D eigenvalue weighted by molar-refractivity contribution is 0.815. The molecule has 1 rings (SSSR count). The molecule has 0 heterocycles. The van der Waals surface area contributed by atoms with Crippen molar-refractivity contribution >= 4 is 5.69 Å². The van der Waals surface area contributed by atoms with E-state index in [9.17, 15) is 0 Å². The third-order valence-corrected chi connectivity index (χ3v) is 2.46. The molecule has 0 aliphatic rings. The van der Waals surface area contributed by atoms with Gasteiger partial charge in [0.25, 0.3) is 0 Å². The fraction of sp³-hybridized carbons (Fsp3) is 0.357. The third-order valence-electron chi connectivity index (χ3n) is 2.46. The molecule has 0 spiro atoms. The zero-order valence-corrected chi connectivity index (χ0v) is 10.0. The van der Waals surface area contributed by atoms with E-state index in [-0.39, 0.29) is 0 Å². The summed E-state index contributed by atoms with van der Waals surface area (Å²) < 4.78 is 0. The number of nitriles is 1. The predicted molar refractivity (Wildman–Crippen MR) is 68.6 cm³/mol. The number of rotatable bonds is 5. The van der Waals surface area contributed by atoms with E-state index in [4.69, 9.17) is 5.26 Å². The monoisotopic (exact) mass is 214 g/mol. The first kappa shape index (κ1) is 12.3. The highest BCUT2D eigenvalue weighted by Crippen LogP contribution is 2.21. The molecule has 0 aliphatic heterocycles. The van der Waals surface area contributed by atoms with E-state index < -0.39 is 0 Å². The summed E-state index contributed by atoms with van der Waals surface area (Å²) >= 11 is 0. The van der Waals surface area contributed by atoms with Crippen molar-refractivity contribution in [1.29, 1.82) is 5.26 Å². The van der Waals surface area contributed by atoms with Gasteiger partial charge in [0.2, 0.25) is 0 Å². The lowest BCUT2D eigenvalue weighted by Gasteiger charge is -2.23. The summed E-state index contributed by atoms with van der Waals surface area (Å²) in [7, 11) is 0. The van der Waals surface area contributed by atoms with Gasteiger partial charge in [-0.05, 0) is 31.0 Å². The maximum Gasteiger partial charge on any atom is 0.101 e. The maximum absolute atomic E-state index is 9.13. The van der Waals surface area contributed by atoms with Crippen LogP contribution in [0.3, 0.4) is 0 Å². The van der Waals surface area contributed by atoms with E-state index in [1.165, 1.54) is 0 Å². The van der Waals surface area contributed by atoms with Crippen LogP contribution in [-0.2, 0) is 0 Å². The lowest BCUT2D eigenvalue weighted by atomic mass is 10.1. The van der Waals surface area contributed by atoms with Gasteiger partial charge >= 0.3 is 0 Å². The van der Waals surface area contributed by atoms with E-state index in [1.807, 2.05) is 31.2 Å². The molecule has 0 aromatic heterocycles. The molecule has 0 atom stereocenters. The Kier molecular flexibility index (Phi) is 4.60. The Morgan fingerprint density at radius 1 is 1.50 bits per heavy atom. The average Bonchev–Trinajstić information content (AvgIpc) is 2.28. The van der Waals surface area contributed by atoms with Crippen LogP contribution in [0.1, 0.15) is 24.5 Å². The maximum atomic E-state index is 9.13. The zero-order valence-electron chi connectivity index (χ0n) is 10.0. The number of hydrogen-bond acceptors (Lipinski definition) is 2. The first-order valence-corrected chi connectivity index (χ1v) is 5.59. The largest absolute Gasteiger partial charge is 0.367 e. The summed E-state index contributed by atoms with van der Waals surface area (Å²) in [5.41, 5.74) is 2.88. The van der Waals surface area contributed by atoms with Crippen molar-refractivity contribution in [3.8, 4) is 6.07 Å². The summed E-state index contributed by atoms with van der Waals surface area (Å²) in [4.78, 5) is 2.19. The molecule has 0 fully saturated rings. The van der Waals surface area contributed by atoms with Gasteiger partial charge < -0.3 is 4.90 Å². The van der Waals surface area contributed by atoms with Crippen LogP contribution in [0.15, 0.2) is 30.9 Å². The van der Waals surface area contributed by atoms with Gasteiger partial charge in [0, 0.05) is 13.1 Å². The first-order valence-electron chi connectivity index (χ1n) is 5.59. The van der Waals surface area contributed by atoms with E-state index in [2.05, 4.69) is 24.5 Å². The Morgan fingerprint density at radius 3 is 2.81 bits per heavy atom. The van der Waals surface area contributed by atoms with Gasteiger partial charge in [-0.1, -0.05) is 19.1 Å². The minimum Gasteiger partial charge on any atom is -0.367 e. The molecule has 0 aliphatic carbocycles. The molecule has 0 saturated heterocycles. The SMILES string of the molecule is C=CCN(CCC)c1ccc(C)cc1C#N. The van der Waals surface area contributed by atoms with Gasteiger partial charge in [-0.25, -0.2) is 0 Å². The smallest absolute Gasteiger partial charge is 0.101 e. The molecular weight excluding hydrogens is 196 g/mol. The minimum atomic E-state index is 0.746. The second kappa shape index (κ2) is 5.97. The molecule has 0 unspecified atom stereocenters. The Bertz CT molecular complexity index is 402. The normalized spacial score (nSPS) is 9.56. The number of benzene rings is 1. The van der Waals surface area contributed by atoms with E-state index >= 15 is 0 Å². The second-order valence-electron chi connectivity index (χ2n) is 3.87. The van der Waals surface area contributed by atoms with Crippen molar-refractivity contribution in [1.82, 2.24) is 0 Å². The molecule has 1 aromatic carbocycles. The van der Waals surface area contributed by atoms with Gasteiger partial charge in [-0.15, -0.1) is 6.58 Å². The van der Waals surface area contributed by atoms with Crippen LogP contribution in [0.4, 0.5) is 5.69 Å². The Balaban J connectivity index is 3.08. The first-order chi connectivity index (χ1) is 7.72. The molecular formula is C14H18N2. The molecule has 0 N–H and O–H groups in total. The molecule has 0 saturated carbocycles. The van der Waals surface area contributed by atoms with Crippen LogP contribution in [-0.4, -0.2) is 13.1 Å². The summed E-state index contributed by atoms with van der Waals surface area (Å²) in [5, 5.41) is 9.13. The fourth-order valence-electron chi connectivity index (χ4n) is 1.75. The van der Waals surface area contributed by atoms with Gasteiger partial charge in [0.1, 0.15) is 6.07 Å². The highest BCUT2D eigenvalue weighted by atomic mass is 15.1. The summed E-state index contributed by atoms with van der Waals surface area (Å²) in [6.45, 7) is 9.63. The molecule has 1 aromatic rings. The number of nitrogens with zero attached hydrogens (tertiary/aromatic N) is 2. The van der Waals surface area contributed by atoms with Crippen molar-refractivity contribution in [2.45, 2.75) is 20.3 Å². The molecule has 0 amide bonds. The number of aryl methyl sites for hydroxylation is 1. The molecule has 2 heteroatoms. The van der Waals surface area contributed by atoms with Crippen molar-refractivity contribution < 1.29 is 0 Å². The van der Waals surface area contributed by atoms with Crippen LogP contribution in [0.5, 0.6) is 0 Å². The number of anilines is 1. The highest BCUT2D eigenvalue weighted by molar-refractivity contribution is 5.60. The van der Waals surface area contributed by atoms with Gasteiger partial charge in [-0.2, -0.15) is 5.26 Å². The van der Waals surface area contributed by atoms with Crippen LogP contribution in [0, 0.1) is 18.3 Å². The van der Waals surface area contributed by atoms with Crippen LogP contribution < -0.4 is 4.90 Å². The summed E-state index contributed by atoms with van der Waals surface area (Å²) in [5.74, 6) is 0. The number of hydrogen-bond donors (Lipinski definition) is 0. The van der Waals surface area contributed by atoms with Crippen LogP contribution >= 0.6 is 0 Å². The average molecular weight is 214 g/mol. The Morgan fingerprint density at radius 2 is 2.25 bits per heavy atom. The quantitative estimate of drug-likeness (QED) is 0.703. The van der Waals surface area contributed by atoms with Crippen molar-refractivity contribution in [3.05, 3.63) is 42.0 Å². The van der Waals surface area contributed by atoms with Crippen LogP contribution in [0.25, 0.3) is 0 Å². The Labute approximate surface area is 97.8 Å². The van der Waals surface area contributed by atoms with Crippen molar-refractivity contribution in [3.63, 3.8) is 0 Å². The van der Waals surface area contributed by atoms with Gasteiger partial charge in [0.05, 0.1) is 11.3 Å². The summed E-state index contributed by atoms with van der Waals surface area (Å²) in [6.07, 6.45) is 2.93. The fourth-order valence-corrected chi connectivity index (χ4v) is 1.75. The molecule has 16 heavy (non-hydrogen) atoms. The van der Waals surface area contributed by atoms with Gasteiger partial charge in [0.15, 0.2) is 0 Å².